The van der Waals surface area contributed by atoms with Crippen LogP contribution in [0.15, 0.2) is 34.7 Å². The van der Waals surface area contributed by atoms with Gasteiger partial charge in [0.1, 0.15) is 5.58 Å². The summed E-state index contributed by atoms with van der Waals surface area (Å²) in [6.45, 7) is 0. The number of para-hydroxylation sites is 1. The Bertz CT molecular complexity index is 909. The molecule has 2 aromatic heterocycles. The highest BCUT2D eigenvalue weighted by Crippen LogP contribution is 2.37. The van der Waals surface area contributed by atoms with Crippen LogP contribution in [0, 0.1) is 0 Å². The van der Waals surface area contributed by atoms with Gasteiger partial charge >= 0.3 is 0 Å². The molecule has 18 heavy (non-hydrogen) atoms. The molecule has 2 aromatic carbocycles. The molecule has 4 aromatic rings. The molecule has 0 aliphatic carbocycles. The van der Waals surface area contributed by atoms with Gasteiger partial charge in [0, 0.05) is 16.8 Å². The molecule has 2 heterocycles. The van der Waals surface area contributed by atoms with Crippen LogP contribution in [-0.2, 0) is 0 Å². The van der Waals surface area contributed by atoms with E-state index in [1.165, 1.54) is 11.3 Å². The zero-order valence-corrected chi connectivity index (χ0v) is 11.2. The standard InChI is InChI=1S/C13H5Cl2NOS/c14-8-3-1-2-6-7-4-9-11(18-13(15)16-9)5-10(7)17-12(6)8/h1-5H. The lowest BCUT2D eigenvalue weighted by atomic mass is 10.1. The van der Waals surface area contributed by atoms with Gasteiger partial charge in [0.05, 0.1) is 15.2 Å². The summed E-state index contributed by atoms with van der Waals surface area (Å²) in [6, 6.07) is 9.69. The first-order valence-electron chi connectivity index (χ1n) is 5.29. The molecule has 0 bridgehead atoms. The van der Waals surface area contributed by atoms with Gasteiger partial charge in [-0.1, -0.05) is 35.3 Å². The minimum absolute atomic E-state index is 0.542. The normalized spacial score (nSPS) is 11.9. The number of fused-ring (bicyclic) bond motifs is 4. The summed E-state index contributed by atoms with van der Waals surface area (Å²) < 4.78 is 7.36. The summed E-state index contributed by atoms with van der Waals surface area (Å²) in [5.74, 6) is 0. The highest BCUT2D eigenvalue weighted by Gasteiger charge is 2.12. The maximum absolute atomic E-state index is 6.13. The fourth-order valence-electron chi connectivity index (χ4n) is 2.16. The van der Waals surface area contributed by atoms with Crippen molar-refractivity contribution in [3.05, 3.63) is 39.8 Å². The van der Waals surface area contributed by atoms with E-state index < -0.39 is 0 Å². The fraction of sp³-hybridized carbons (Fsp3) is 0. The lowest BCUT2D eigenvalue weighted by Gasteiger charge is -1.90. The Morgan fingerprint density at radius 2 is 2.00 bits per heavy atom. The second-order valence-corrected chi connectivity index (χ2v) is 6.02. The minimum Gasteiger partial charge on any atom is -0.454 e. The summed E-state index contributed by atoms with van der Waals surface area (Å²) in [7, 11) is 0. The summed E-state index contributed by atoms with van der Waals surface area (Å²) in [5, 5.41) is 2.64. The topological polar surface area (TPSA) is 26.0 Å². The molecule has 0 amide bonds. The lowest BCUT2D eigenvalue weighted by molar-refractivity contribution is 0.669. The van der Waals surface area contributed by atoms with Gasteiger partial charge in [0.25, 0.3) is 0 Å². The summed E-state index contributed by atoms with van der Waals surface area (Å²) >= 11 is 13.5. The summed E-state index contributed by atoms with van der Waals surface area (Å²) in [6.07, 6.45) is 0. The molecule has 0 saturated heterocycles. The highest BCUT2D eigenvalue weighted by molar-refractivity contribution is 7.22. The quantitative estimate of drug-likeness (QED) is 0.428. The molecule has 88 valence electrons. The number of hydrogen-bond acceptors (Lipinski definition) is 3. The first-order chi connectivity index (χ1) is 8.72. The Morgan fingerprint density at radius 3 is 2.89 bits per heavy atom. The molecule has 0 aliphatic heterocycles. The smallest absolute Gasteiger partial charge is 0.184 e. The lowest BCUT2D eigenvalue weighted by Crippen LogP contribution is -1.69. The zero-order chi connectivity index (χ0) is 12.3. The summed E-state index contributed by atoms with van der Waals surface area (Å²) in [4.78, 5) is 4.28. The second-order valence-electron chi connectivity index (χ2n) is 4.00. The third kappa shape index (κ3) is 1.38. The van der Waals surface area contributed by atoms with E-state index in [-0.39, 0.29) is 0 Å². The molecular weight excluding hydrogens is 289 g/mol. The van der Waals surface area contributed by atoms with Crippen molar-refractivity contribution in [3.8, 4) is 0 Å². The van der Waals surface area contributed by atoms with E-state index in [1.54, 1.807) is 0 Å². The van der Waals surface area contributed by atoms with Crippen molar-refractivity contribution in [3.63, 3.8) is 0 Å². The highest BCUT2D eigenvalue weighted by atomic mass is 35.5. The molecule has 0 fully saturated rings. The van der Waals surface area contributed by atoms with Crippen LogP contribution < -0.4 is 0 Å². The van der Waals surface area contributed by atoms with Gasteiger partial charge in [0.15, 0.2) is 10.0 Å². The van der Waals surface area contributed by atoms with Crippen LogP contribution in [0.1, 0.15) is 0 Å². The Labute approximate surface area is 116 Å². The number of rotatable bonds is 0. The molecule has 5 heteroatoms. The van der Waals surface area contributed by atoms with E-state index in [2.05, 4.69) is 4.98 Å². The van der Waals surface area contributed by atoms with Crippen molar-refractivity contribution in [1.29, 1.82) is 0 Å². The van der Waals surface area contributed by atoms with Crippen LogP contribution in [0.2, 0.25) is 9.49 Å². The van der Waals surface area contributed by atoms with E-state index in [0.717, 1.165) is 32.2 Å². The predicted molar refractivity (Wildman–Crippen MR) is 76.9 cm³/mol. The number of halogens is 2. The Hall–Kier alpha value is -1.29. The van der Waals surface area contributed by atoms with Crippen LogP contribution in [-0.4, -0.2) is 4.98 Å². The van der Waals surface area contributed by atoms with Gasteiger partial charge in [-0.05, 0) is 12.1 Å². The molecule has 0 saturated carbocycles. The van der Waals surface area contributed by atoms with Crippen LogP contribution >= 0.6 is 34.5 Å². The molecule has 4 rings (SSSR count). The van der Waals surface area contributed by atoms with Gasteiger partial charge in [-0.25, -0.2) is 4.98 Å². The van der Waals surface area contributed by atoms with Crippen molar-refractivity contribution in [2.45, 2.75) is 0 Å². The molecule has 0 atom stereocenters. The average Bonchev–Trinajstić information content (AvgIpc) is 2.86. The van der Waals surface area contributed by atoms with Gasteiger partial charge in [-0.15, -0.1) is 11.3 Å². The third-order valence-corrected chi connectivity index (χ3v) is 4.35. The number of aromatic nitrogens is 1. The molecule has 0 spiro atoms. The van der Waals surface area contributed by atoms with Crippen molar-refractivity contribution in [2.75, 3.05) is 0 Å². The number of hydrogen-bond donors (Lipinski definition) is 0. The minimum atomic E-state index is 0.542. The van der Waals surface area contributed by atoms with Crippen molar-refractivity contribution < 1.29 is 4.42 Å². The average molecular weight is 294 g/mol. The van der Waals surface area contributed by atoms with E-state index in [1.807, 2.05) is 30.3 Å². The van der Waals surface area contributed by atoms with Gasteiger partial charge < -0.3 is 4.42 Å². The number of furan rings is 1. The van der Waals surface area contributed by atoms with Gasteiger partial charge in [-0.2, -0.15) is 0 Å². The summed E-state index contributed by atoms with van der Waals surface area (Å²) in [5.41, 5.74) is 2.42. The van der Waals surface area contributed by atoms with Crippen LogP contribution in [0.5, 0.6) is 0 Å². The second kappa shape index (κ2) is 3.60. The molecule has 0 N–H and O–H groups in total. The third-order valence-electron chi connectivity index (χ3n) is 2.93. The Morgan fingerprint density at radius 1 is 1.11 bits per heavy atom. The Kier molecular flexibility index (Phi) is 2.13. The van der Waals surface area contributed by atoms with Crippen LogP contribution in [0.4, 0.5) is 0 Å². The number of thiazole rings is 1. The van der Waals surface area contributed by atoms with E-state index in [0.29, 0.717) is 9.49 Å². The molecule has 2 nitrogen and oxygen atoms in total. The van der Waals surface area contributed by atoms with Crippen molar-refractivity contribution >= 4 is 66.7 Å². The van der Waals surface area contributed by atoms with Gasteiger partial charge in [0.2, 0.25) is 0 Å². The van der Waals surface area contributed by atoms with E-state index in [9.17, 15) is 0 Å². The number of benzene rings is 2. The first-order valence-corrected chi connectivity index (χ1v) is 6.86. The maximum atomic E-state index is 6.13. The fourth-order valence-corrected chi connectivity index (χ4v) is 3.41. The SMILES string of the molecule is Clc1nc2cc3c(cc2s1)oc1c(Cl)cccc13. The molecule has 0 unspecified atom stereocenters. The van der Waals surface area contributed by atoms with E-state index >= 15 is 0 Å². The van der Waals surface area contributed by atoms with Crippen LogP contribution in [0.25, 0.3) is 32.2 Å². The van der Waals surface area contributed by atoms with E-state index in [4.69, 9.17) is 27.6 Å². The monoisotopic (exact) mass is 293 g/mol. The molecule has 0 aliphatic rings. The Balaban J connectivity index is 2.25. The maximum Gasteiger partial charge on any atom is 0.184 e. The largest absolute Gasteiger partial charge is 0.454 e. The predicted octanol–water partition coefficient (Wildman–Crippen LogP) is 5.50. The van der Waals surface area contributed by atoms with Crippen LogP contribution in [0.3, 0.4) is 0 Å². The number of nitrogens with zero attached hydrogens (tertiary/aromatic N) is 1. The zero-order valence-electron chi connectivity index (χ0n) is 8.91. The first kappa shape index (κ1) is 10.6. The van der Waals surface area contributed by atoms with Gasteiger partial charge in [-0.3, -0.25) is 0 Å². The molecule has 0 radical (unpaired) electrons. The van der Waals surface area contributed by atoms with Crippen molar-refractivity contribution in [2.24, 2.45) is 0 Å². The molecular formula is C13H5Cl2NOS. The van der Waals surface area contributed by atoms with Crippen molar-refractivity contribution in [1.82, 2.24) is 4.98 Å².